The van der Waals surface area contributed by atoms with Gasteiger partial charge >= 0.3 is 0 Å². The third-order valence-corrected chi connectivity index (χ3v) is 4.39. The topological polar surface area (TPSA) is 54.9 Å². The molecule has 0 spiro atoms. The van der Waals surface area contributed by atoms with E-state index in [4.69, 9.17) is 0 Å². The highest BCUT2D eigenvalue weighted by molar-refractivity contribution is 7.13. The summed E-state index contributed by atoms with van der Waals surface area (Å²) in [5, 5.41) is 5.44. The Morgan fingerprint density at radius 3 is 2.43 bits per heavy atom. The molecule has 0 radical (unpaired) electrons. The molecule has 116 valence electrons. The number of carbonyl (C=O) groups excluding carboxylic acids is 1. The quantitative estimate of drug-likeness (QED) is 0.764. The molecule has 0 unspecified atom stereocenters. The maximum Gasteiger partial charge on any atom is 0.275 e. The molecule has 0 saturated heterocycles. The van der Waals surface area contributed by atoms with Crippen molar-refractivity contribution in [1.82, 2.24) is 9.97 Å². The number of hydrogen-bond donors (Lipinski definition) is 1. The molecule has 5 heteroatoms. The molecule has 0 saturated carbocycles. The number of nitrogens with zero attached hydrogens (tertiary/aromatic N) is 2. The molecule has 4 nitrogen and oxygen atoms in total. The zero-order chi connectivity index (χ0) is 16.2. The van der Waals surface area contributed by atoms with Crippen LogP contribution in [0.2, 0.25) is 0 Å². The number of thiazole rings is 1. The van der Waals surface area contributed by atoms with Gasteiger partial charge in [0.1, 0.15) is 10.7 Å². The molecular weight excluding hydrogens is 306 g/mol. The number of benzene rings is 1. The summed E-state index contributed by atoms with van der Waals surface area (Å²) in [6.07, 6.45) is 3.27. The van der Waals surface area contributed by atoms with Gasteiger partial charge in [-0.05, 0) is 23.6 Å². The molecule has 0 fully saturated rings. The van der Waals surface area contributed by atoms with Gasteiger partial charge in [0.15, 0.2) is 0 Å². The first-order valence-electron chi connectivity index (χ1n) is 7.40. The minimum atomic E-state index is -0.211. The van der Waals surface area contributed by atoms with E-state index in [-0.39, 0.29) is 5.91 Å². The van der Waals surface area contributed by atoms with E-state index in [1.165, 1.54) is 16.9 Å². The minimum absolute atomic E-state index is 0.211. The molecule has 0 bridgehead atoms. The van der Waals surface area contributed by atoms with Crippen LogP contribution < -0.4 is 5.32 Å². The van der Waals surface area contributed by atoms with E-state index in [1.54, 1.807) is 29.9 Å². The number of rotatable bonds is 4. The fourth-order valence-electron chi connectivity index (χ4n) is 2.15. The summed E-state index contributed by atoms with van der Waals surface area (Å²) in [6.45, 7) is 4.33. The van der Waals surface area contributed by atoms with Crippen LogP contribution in [0.15, 0.2) is 54.2 Å². The maximum atomic E-state index is 12.2. The Morgan fingerprint density at radius 2 is 1.78 bits per heavy atom. The van der Waals surface area contributed by atoms with Gasteiger partial charge in [0, 0.05) is 29.0 Å². The van der Waals surface area contributed by atoms with Gasteiger partial charge in [0.25, 0.3) is 5.91 Å². The molecule has 3 rings (SSSR count). The molecule has 23 heavy (non-hydrogen) atoms. The fourth-order valence-corrected chi connectivity index (χ4v) is 2.96. The predicted molar refractivity (Wildman–Crippen MR) is 93.8 cm³/mol. The van der Waals surface area contributed by atoms with Crippen molar-refractivity contribution >= 4 is 22.9 Å². The molecule has 0 aliphatic rings. The largest absolute Gasteiger partial charge is 0.321 e. The number of amides is 1. The fraction of sp³-hybridized carbons (Fsp3) is 0.167. The third kappa shape index (κ3) is 3.63. The summed E-state index contributed by atoms with van der Waals surface area (Å²) in [7, 11) is 0. The van der Waals surface area contributed by atoms with E-state index in [1.807, 2.05) is 0 Å². The van der Waals surface area contributed by atoms with Crippen molar-refractivity contribution in [3.8, 4) is 10.6 Å². The highest BCUT2D eigenvalue weighted by Gasteiger charge is 2.12. The van der Waals surface area contributed by atoms with Gasteiger partial charge in [-0.15, -0.1) is 11.3 Å². The van der Waals surface area contributed by atoms with Gasteiger partial charge in [-0.3, -0.25) is 9.78 Å². The van der Waals surface area contributed by atoms with Crippen LogP contribution in [-0.2, 0) is 0 Å². The summed E-state index contributed by atoms with van der Waals surface area (Å²) in [6, 6.07) is 11.8. The monoisotopic (exact) mass is 323 g/mol. The van der Waals surface area contributed by atoms with Crippen molar-refractivity contribution in [1.29, 1.82) is 0 Å². The summed E-state index contributed by atoms with van der Waals surface area (Å²) in [5.74, 6) is 0.291. The standard InChI is InChI=1S/C18H17N3OS/c1-12(2)13-3-5-14(6-4-13)18-21-16(11-23-18)17(22)20-15-7-9-19-10-8-15/h3-12H,1-2H3,(H,19,20,22). The summed E-state index contributed by atoms with van der Waals surface area (Å²) in [4.78, 5) is 20.6. The summed E-state index contributed by atoms with van der Waals surface area (Å²) < 4.78 is 0. The number of carbonyl (C=O) groups is 1. The normalized spacial score (nSPS) is 10.7. The lowest BCUT2D eigenvalue weighted by Gasteiger charge is -2.05. The molecular formula is C18H17N3OS. The number of anilines is 1. The van der Waals surface area contributed by atoms with Crippen LogP contribution in [0.3, 0.4) is 0 Å². The molecule has 1 amide bonds. The van der Waals surface area contributed by atoms with Gasteiger partial charge in [-0.2, -0.15) is 0 Å². The van der Waals surface area contributed by atoms with Crippen molar-refractivity contribution in [2.45, 2.75) is 19.8 Å². The van der Waals surface area contributed by atoms with Crippen LogP contribution in [0.4, 0.5) is 5.69 Å². The Bertz CT molecular complexity index is 795. The molecule has 0 aliphatic heterocycles. The Hall–Kier alpha value is -2.53. The van der Waals surface area contributed by atoms with E-state index in [9.17, 15) is 4.79 Å². The average molecular weight is 323 g/mol. The van der Waals surface area contributed by atoms with Crippen LogP contribution in [0.1, 0.15) is 35.8 Å². The smallest absolute Gasteiger partial charge is 0.275 e. The minimum Gasteiger partial charge on any atom is -0.321 e. The molecule has 1 N–H and O–H groups in total. The van der Waals surface area contributed by atoms with Gasteiger partial charge < -0.3 is 5.32 Å². The maximum absolute atomic E-state index is 12.2. The lowest BCUT2D eigenvalue weighted by molar-refractivity contribution is 0.102. The van der Waals surface area contributed by atoms with Gasteiger partial charge in [0.05, 0.1) is 0 Å². The molecule has 2 heterocycles. The molecule has 0 aliphatic carbocycles. The number of pyridine rings is 1. The highest BCUT2D eigenvalue weighted by atomic mass is 32.1. The summed E-state index contributed by atoms with van der Waals surface area (Å²) >= 11 is 1.47. The number of hydrogen-bond acceptors (Lipinski definition) is 4. The number of aromatic nitrogens is 2. The van der Waals surface area contributed by atoms with Crippen LogP contribution in [0.25, 0.3) is 10.6 Å². The summed E-state index contributed by atoms with van der Waals surface area (Å²) in [5.41, 5.74) is 3.46. The molecule has 1 aromatic carbocycles. The second kappa shape index (κ2) is 6.71. The SMILES string of the molecule is CC(C)c1ccc(-c2nc(C(=O)Nc3ccncc3)cs2)cc1. The molecule has 2 aromatic heterocycles. The van der Waals surface area contributed by atoms with E-state index in [0.29, 0.717) is 17.3 Å². The molecule has 0 atom stereocenters. The first-order valence-corrected chi connectivity index (χ1v) is 8.28. The van der Waals surface area contributed by atoms with Gasteiger partial charge in [-0.1, -0.05) is 38.1 Å². The van der Waals surface area contributed by atoms with Crippen molar-refractivity contribution < 1.29 is 4.79 Å². The second-order valence-electron chi connectivity index (χ2n) is 5.50. The van der Waals surface area contributed by atoms with Gasteiger partial charge in [-0.25, -0.2) is 4.98 Å². The Balaban J connectivity index is 1.76. The third-order valence-electron chi connectivity index (χ3n) is 3.50. The lowest BCUT2D eigenvalue weighted by Crippen LogP contribution is -2.12. The zero-order valence-electron chi connectivity index (χ0n) is 13.0. The first kappa shape index (κ1) is 15.4. The predicted octanol–water partition coefficient (Wildman–Crippen LogP) is 4.58. The van der Waals surface area contributed by atoms with Crippen molar-refractivity contribution in [2.75, 3.05) is 5.32 Å². The second-order valence-corrected chi connectivity index (χ2v) is 6.36. The van der Waals surface area contributed by atoms with Crippen LogP contribution >= 0.6 is 11.3 Å². The van der Waals surface area contributed by atoms with Crippen LogP contribution in [0, 0.1) is 0 Å². The van der Waals surface area contributed by atoms with Gasteiger partial charge in [0.2, 0.25) is 0 Å². The van der Waals surface area contributed by atoms with E-state index in [2.05, 4.69) is 53.4 Å². The lowest BCUT2D eigenvalue weighted by atomic mass is 10.0. The van der Waals surface area contributed by atoms with Crippen LogP contribution in [0.5, 0.6) is 0 Å². The molecule has 3 aromatic rings. The first-order chi connectivity index (χ1) is 11.1. The zero-order valence-corrected chi connectivity index (χ0v) is 13.8. The van der Waals surface area contributed by atoms with Crippen molar-refractivity contribution in [2.24, 2.45) is 0 Å². The Morgan fingerprint density at radius 1 is 1.09 bits per heavy atom. The van der Waals surface area contributed by atoms with E-state index >= 15 is 0 Å². The van der Waals surface area contributed by atoms with E-state index < -0.39 is 0 Å². The van der Waals surface area contributed by atoms with E-state index in [0.717, 1.165) is 10.6 Å². The highest BCUT2D eigenvalue weighted by Crippen LogP contribution is 2.26. The van der Waals surface area contributed by atoms with Crippen molar-refractivity contribution in [3.63, 3.8) is 0 Å². The number of nitrogens with one attached hydrogen (secondary N) is 1. The van der Waals surface area contributed by atoms with Crippen LogP contribution in [-0.4, -0.2) is 15.9 Å². The Kier molecular flexibility index (Phi) is 4.48. The van der Waals surface area contributed by atoms with Crippen molar-refractivity contribution in [3.05, 3.63) is 65.4 Å². The average Bonchev–Trinajstić information content (AvgIpc) is 3.06. The Labute approximate surface area is 139 Å².